The quantitative estimate of drug-likeness (QED) is 0.864. The van der Waals surface area contributed by atoms with Gasteiger partial charge in [-0.3, -0.25) is 0 Å². The standard InChI is InChI=1S/C10H18N4O2S2/c1-9(2)6(10(9,3)4)5-12-18(15,16)8-14-13-7(11)17-8/h6,12H,5H2,1-4H3,(H2,11,13). The maximum Gasteiger partial charge on any atom is 0.269 e. The Hall–Kier alpha value is -0.730. The molecule has 0 bridgehead atoms. The Kier molecular flexibility index (Phi) is 2.95. The first-order valence-corrected chi connectivity index (χ1v) is 7.97. The van der Waals surface area contributed by atoms with E-state index >= 15 is 0 Å². The SMILES string of the molecule is CC1(C)C(CNS(=O)(=O)c2nnc(N)s2)C1(C)C. The first kappa shape index (κ1) is 13.7. The van der Waals surface area contributed by atoms with E-state index in [1.54, 1.807) is 0 Å². The highest BCUT2D eigenvalue weighted by Gasteiger charge is 2.64. The van der Waals surface area contributed by atoms with E-state index in [0.717, 1.165) is 11.3 Å². The zero-order chi connectivity index (χ0) is 13.8. The molecule has 0 aliphatic heterocycles. The number of nitrogen functional groups attached to an aromatic ring is 1. The summed E-state index contributed by atoms with van der Waals surface area (Å²) in [7, 11) is -3.58. The Balaban J connectivity index is 2.04. The van der Waals surface area contributed by atoms with Crippen molar-refractivity contribution in [3.8, 4) is 0 Å². The van der Waals surface area contributed by atoms with E-state index in [2.05, 4.69) is 42.6 Å². The monoisotopic (exact) mass is 290 g/mol. The summed E-state index contributed by atoms with van der Waals surface area (Å²) in [5, 5.41) is 7.22. The van der Waals surface area contributed by atoms with Crippen molar-refractivity contribution in [3.63, 3.8) is 0 Å². The Bertz CT molecular complexity index is 548. The van der Waals surface area contributed by atoms with Crippen molar-refractivity contribution in [1.82, 2.24) is 14.9 Å². The fraction of sp³-hybridized carbons (Fsp3) is 0.800. The molecule has 18 heavy (non-hydrogen) atoms. The molecule has 0 spiro atoms. The van der Waals surface area contributed by atoms with E-state index in [9.17, 15) is 8.42 Å². The van der Waals surface area contributed by atoms with Crippen LogP contribution >= 0.6 is 11.3 Å². The molecule has 1 heterocycles. The van der Waals surface area contributed by atoms with Crippen LogP contribution < -0.4 is 10.5 Å². The van der Waals surface area contributed by atoms with Crippen LogP contribution in [0.3, 0.4) is 0 Å². The second kappa shape index (κ2) is 3.88. The lowest BCUT2D eigenvalue weighted by Crippen LogP contribution is -2.27. The van der Waals surface area contributed by atoms with Gasteiger partial charge in [0, 0.05) is 6.54 Å². The van der Waals surface area contributed by atoms with Crippen LogP contribution in [0, 0.1) is 16.7 Å². The fourth-order valence-corrected chi connectivity index (χ4v) is 4.30. The van der Waals surface area contributed by atoms with Crippen molar-refractivity contribution in [2.75, 3.05) is 12.3 Å². The molecule has 0 amide bonds. The minimum absolute atomic E-state index is 0.0729. The average molecular weight is 290 g/mol. The van der Waals surface area contributed by atoms with Gasteiger partial charge in [-0.05, 0) is 16.7 Å². The zero-order valence-electron chi connectivity index (χ0n) is 10.9. The molecule has 0 unspecified atom stereocenters. The average Bonchev–Trinajstić information content (AvgIpc) is 2.57. The molecule has 1 aliphatic carbocycles. The van der Waals surface area contributed by atoms with Gasteiger partial charge in [-0.25, -0.2) is 13.1 Å². The van der Waals surface area contributed by atoms with Gasteiger partial charge in [-0.1, -0.05) is 39.0 Å². The van der Waals surface area contributed by atoms with Crippen molar-refractivity contribution >= 4 is 26.5 Å². The highest BCUT2D eigenvalue weighted by atomic mass is 32.2. The minimum Gasteiger partial charge on any atom is -0.374 e. The molecule has 2 rings (SSSR count). The van der Waals surface area contributed by atoms with Gasteiger partial charge in [-0.15, -0.1) is 10.2 Å². The Morgan fingerprint density at radius 2 is 1.83 bits per heavy atom. The second-order valence-electron chi connectivity index (χ2n) is 5.75. The summed E-state index contributed by atoms with van der Waals surface area (Å²) in [6.07, 6.45) is 0. The number of nitrogens with one attached hydrogen (secondary N) is 1. The summed E-state index contributed by atoms with van der Waals surface area (Å²) in [5.41, 5.74) is 5.68. The van der Waals surface area contributed by atoms with Gasteiger partial charge in [0.2, 0.25) is 9.47 Å². The van der Waals surface area contributed by atoms with E-state index in [0.29, 0.717) is 12.5 Å². The third-order valence-electron chi connectivity index (χ3n) is 4.45. The van der Waals surface area contributed by atoms with Crippen molar-refractivity contribution in [3.05, 3.63) is 0 Å². The molecule has 1 fully saturated rings. The number of aromatic nitrogens is 2. The van der Waals surface area contributed by atoms with Crippen LogP contribution in [-0.4, -0.2) is 25.2 Å². The summed E-state index contributed by atoms with van der Waals surface area (Å²) < 4.78 is 26.4. The van der Waals surface area contributed by atoms with Crippen LogP contribution in [0.5, 0.6) is 0 Å². The van der Waals surface area contributed by atoms with Crippen molar-refractivity contribution in [2.24, 2.45) is 16.7 Å². The van der Waals surface area contributed by atoms with Crippen molar-refractivity contribution in [2.45, 2.75) is 32.0 Å². The van der Waals surface area contributed by atoms with Gasteiger partial charge in [0.1, 0.15) is 0 Å². The fourth-order valence-electron chi connectivity index (χ4n) is 2.43. The normalized spacial score (nSPS) is 22.0. The first-order chi connectivity index (χ1) is 8.09. The van der Waals surface area contributed by atoms with E-state index in [1.165, 1.54) is 0 Å². The van der Waals surface area contributed by atoms with Crippen molar-refractivity contribution in [1.29, 1.82) is 0 Å². The van der Waals surface area contributed by atoms with Crippen LogP contribution in [0.1, 0.15) is 27.7 Å². The summed E-state index contributed by atoms with van der Waals surface area (Å²) in [6, 6.07) is 0. The molecule has 8 heteroatoms. The molecule has 0 aromatic carbocycles. The Morgan fingerprint density at radius 1 is 1.28 bits per heavy atom. The lowest BCUT2D eigenvalue weighted by atomic mass is 10.0. The minimum atomic E-state index is -3.58. The summed E-state index contributed by atoms with van der Waals surface area (Å²) in [4.78, 5) is 0. The molecule has 1 saturated carbocycles. The third-order valence-corrected chi connectivity index (χ3v) is 6.99. The van der Waals surface area contributed by atoms with Gasteiger partial charge < -0.3 is 5.73 Å². The second-order valence-corrected chi connectivity index (χ2v) is 8.70. The van der Waals surface area contributed by atoms with E-state index < -0.39 is 10.0 Å². The third kappa shape index (κ3) is 2.02. The van der Waals surface area contributed by atoms with Gasteiger partial charge >= 0.3 is 0 Å². The molecule has 3 N–H and O–H groups in total. The smallest absolute Gasteiger partial charge is 0.269 e. The molecule has 0 saturated heterocycles. The maximum absolute atomic E-state index is 11.9. The lowest BCUT2D eigenvalue weighted by Gasteiger charge is -2.04. The molecule has 0 atom stereocenters. The molecule has 1 aromatic heterocycles. The van der Waals surface area contributed by atoms with E-state index in [-0.39, 0.29) is 20.3 Å². The van der Waals surface area contributed by atoms with Gasteiger partial charge in [0.25, 0.3) is 10.0 Å². The van der Waals surface area contributed by atoms with Crippen LogP contribution in [0.15, 0.2) is 4.34 Å². The Morgan fingerprint density at radius 3 is 2.22 bits per heavy atom. The predicted molar refractivity (Wildman–Crippen MR) is 70.6 cm³/mol. The molecule has 0 radical (unpaired) electrons. The number of sulfonamides is 1. The number of rotatable bonds is 4. The number of hydrogen-bond donors (Lipinski definition) is 2. The lowest BCUT2D eigenvalue weighted by molar-refractivity contribution is 0.457. The topological polar surface area (TPSA) is 98.0 Å². The van der Waals surface area contributed by atoms with Crippen LogP contribution in [0.25, 0.3) is 0 Å². The predicted octanol–water partition coefficient (Wildman–Crippen LogP) is 1.08. The van der Waals surface area contributed by atoms with E-state index in [1.807, 2.05) is 0 Å². The molecular weight excluding hydrogens is 272 g/mol. The molecule has 102 valence electrons. The number of nitrogens with zero attached hydrogens (tertiary/aromatic N) is 2. The maximum atomic E-state index is 11.9. The highest BCUT2D eigenvalue weighted by Crippen LogP contribution is 2.67. The highest BCUT2D eigenvalue weighted by molar-refractivity contribution is 7.91. The van der Waals surface area contributed by atoms with Crippen molar-refractivity contribution < 1.29 is 8.42 Å². The summed E-state index contributed by atoms with van der Waals surface area (Å²) in [6.45, 7) is 9.01. The van der Waals surface area contributed by atoms with Gasteiger partial charge in [0.15, 0.2) is 0 Å². The molecule has 6 nitrogen and oxygen atoms in total. The van der Waals surface area contributed by atoms with Gasteiger partial charge in [-0.2, -0.15) is 0 Å². The molecule has 1 aliphatic rings. The number of hydrogen-bond acceptors (Lipinski definition) is 6. The summed E-state index contributed by atoms with van der Waals surface area (Å²) in [5.74, 6) is 0.324. The Labute approximate surface area is 111 Å². The van der Waals surface area contributed by atoms with Gasteiger partial charge in [0.05, 0.1) is 0 Å². The molecule has 1 aromatic rings. The van der Waals surface area contributed by atoms with Crippen LogP contribution in [0.2, 0.25) is 0 Å². The van der Waals surface area contributed by atoms with Crippen LogP contribution in [0.4, 0.5) is 5.13 Å². The summed E-state index contributed by atoms with van der Waals surface area (Å²) >= 11 is 0.872. The number of nitrogens with two attached hydrogens (primary N) is 1. The molecular formula is C10H18N4O2S2. The number of anilines is 1. The largest absolute Gasteiger partial charge is 0.374 e. The first-order valence-electron chi connectivity index (χ1n) is 5.67. The zero-order valence-corrected chi connectivity index (χ0v) is 12.5. The van der Waals surface area contributed by atoms with E-state index in [4.69, 9.17) is 5.73 Å². The van der Waals surface area contributed by atoms with Crippen LogP contribution in [-0.2, 0) is 10.0 Å².